The van der Waals surface area contributed by atoms with Crippen LogP contribution < -0.4 is 4.72 Å². The van der Waals surface area contributed by atoms with Crippen LogP contribution in [0, 0.1) is 19.8 Å². The minimum Gasteiger partial charge on any atom is -0.302 e. The van der Waals surface area contributed by atoms with Gasteiger partial charge in [-0.1, -0.05) is 12.1 Å². The van der Waals surface area contributed by atoms with Gasteiger partial charge >= 0.3 is 0 Å². The molecule has 20 heavy (non-hydrogen) atoms. The van der Waals surface area contributed by atoms with Crippen molar-refractivity contribution in [1.82, 2.24) is 9.62 Å². The minimum atomic E-state index is -3.41. The Labute approximate surface area is 121 Å². The van der Waals surface area contributed by atoms with E-state index in [4.69, 9.17) is 0 Å². The number of aryl methyl sites for hydroxylation is 2. The van der Waals surface area contributed by atoms with Crippen molar-refractivity contribution in [2.24, 2.45) is 5.92 Å². The molecule has 0 aliphatic carbocycles. The summed E-state index contributed by atoms with van der Waals surface area (Å²) in [6.07, 6.45) is 2.22. The van der Waals surface area contributed by atoms with Gasteiger partial charge in [0.15, 0.2) is 0 Å². The molecule has 1 aromatic rings. The monoisotopic (exact) mass is 294 g/mol. The number of nitrogens with one attached hydrogen (secondary N) is 1. The zero-order chi connectivity index (χ0) is 14.3. The van der Waals surface area contributed by atoms with Gasteiger partial charge in [-0.2, -0.15) is 0 Å². The third-order valence-electron chi connectivity index (χ3n) is 4.60. The van der Waals surface area contributed by atoms with Crippen molar-refractivity contribution in [3.63, 3.8) is 0 Å². The van der Waals surface area contributed by atoms with E-state index in [0.717, 1.165) is 43.6 Å². The second-order valence-electron chi connectivity index (χ2n) is 6.13. The summed E-state index contributed by atoms with van der Waals surface area (Å²) in [5.74, 6) is 0.500. The summed E-state index contributed by atoms with van der Waals surface area (Å²) in [6.45, 7) is 6.87. The normalized spacial score (nSPS) is 29.6. The second-order valence-corrected chi connectivity index (χ2v) is 7.82. The second kappa shape index (κ2) is 5.13. The predicted molar refractivity (Wildman–Crippen MR) is 79.2 cm³/mol. The first kappa shape index (κ1) is 14.0. The molecule has 0 aromatic heterocycles. The van der Waals surface area contributed by atoms with Crippen molar-refractivity contribution in [3.8, 4) is 0 Å². The van der Waals surface area contributed by atoms with Gasteiger partial charge < -0.3 is 4.90 Å². The lowest BCUT2D eigenvalue weighted by Crippen LogP contribution is -2.57. The number of piperidine rings is 3. The molecule has 110 valence electrons. The molecule has 0 saturated carbocycles. The maximum Gasteiger partial charge on any atom is 0.241 e. The van der Waals surface area contributed by atoms with Crippen molar-refractivity contribution in [1.29, 1.82) is 0 Å². The van der Waals surface area contributed by atoms with Crippen LogP contribution in [-0.4, -0.2) is 39.0 Å². The molecule has 1 unspecified atom stereocenters. The standard InChI is InChI=1S/C15H22N2O2S/c1-11-3-4-12(2)15(9-11)20(18,19)16-14-10-17-7-5-13(14)6-8-17/h3-4,9,13-14,16H,5-8,10H2,1-2H3. The zero-order valence-corrected chi connectivity index (χ0v) is 12.9. The van der Waals surface area contributed by atoms with Crippen molar-refractivity contribution in [3.05, 3.63) is 29.3 Å². The smallest absolute Gasteiger partial charge is 0.241 e. The molecule has 3 aliphatic rings. The van der Waals surface area contributed by atoms with Gasteiger partial charge in [0.1, 0.15) is 0 Å². The number of benzene rings is 1. The third kappa shape index (κ3) is 2.62. The molecule has 1 atom stereocenters. The molecule has 4 nitrogen and oxygen atoms in total. The predicted octanol–water partition coefficient (Wildman–Crippen LogP) is 1.68. The first-order valence-electron chi connectivity index (χ1n) is 7.28. The molecule has 5 heteroatoms. The summed E-state index contributed by atoms with van der Waals surface area (Å²) in [5, 5.41) is 0. The number of sulfonamides is 1. The van der Waals surface area contributed by atoms with Gasteiger partial charge in [0, 0.05) is 12.6 Å². The fraction of sp³-hybridized carbons (Fsp3) is 0.600. The lowest BCUT2D eigenvalue weighted by molar-refractivity contribution is 0.0827. The van der Waals surface area contributed by atoms with Crippen molar-refractivity contribution in [2.45, 2.75) is 37.6 Å². The summed E-state index contributed by atoms with van der Waals surface area (Å²) in [5.41, 5.74) is 1.79. The number of nitrogens with zero attached hydrogens (tertiary/aromatic N) is 1. The number of hydrogen-bond acceptors (Lipinski definition) is 3. The van der Waals surface area contributed by atoms with E-state index in [1.807, 2.05) is 26.0 Å². The van der Waals surface area contributed by atoms with Crippen molar-refractivity contribution >= 4 is 10.0 Å². The van der Waals surface area contributed by atoms with Crippen LogP contribution in [0.1, 0.15) is 24.0 Å². The van der Waals surface area contributed by atoms with Crippen LogP contribution in [0.2, 0.25) is 0 Å². The molecule has 4 rings (SSSR count). The highest BCUT2D eigenvalue weighted by atomic mass is 32.2. The average molecular weight is 294 g/mol. The fourth-order valence-corrected chi connectivity index (χ4v) is 4.98. The molecule has 0 radical (unpaired) electrons. The van der Waals surface area contributed by atoms with E-state index >= 15 is 0 Å². The number of hydrogen-bond donors (Lipinski definition) is 1. The van der Waals surface area contributed by atoms with Gasteiger partial charge in [-0.3, -0.25) is 0 Å². The summed E-state index contributed by atoms with van der Waals surface area (Å²) in [6, 6.07) is 5.66. The van der Waals surface area contributed by atoms with E-state index in [1.54, 1.807) is 6.07 Å². The summed E-state index contributed by atoms with van der Waals surface area (Å²) in [7, 11) is -3.41. The Hall–Kier alpha value is -0.910. The Bertz CT molecular complexity index is 604. The lowest BCUT2D eigenvalue weighted by atomic mass is 9.85. The SMILES string of the molecule is Cc1ccc(C)c(S(=O)(=O)NC2CN3CCC2CC3)c1. The van der Waals surface area contributed by atoms with Crippen molar-refractivity contribution < 1.29 is 8.42 Å². The quantitative estimate of drug-likeness (QED) is 0.922. The van der Waals surface area contributed by atoms with Crippen molar-refractivity contribution in [2.75, 3.05) is 19.6 Å². The first-order chi connectivity index (χ1) is 9.45. The molecule has 0 amide bonds. The molecule has 3 aliphatic heterocycles. The van der Waals surface area contributed by atoms with E-state index < -0.39 is 10.0 Å². The minimum absolute atomic E-state index is 0.0717. The van der Waals surface area contributed by atoms with E-state index in [0.29, 0.717) is 10.8 Å². The Morgan fingerprint density at radius 3 is 2.50 bits per heavy atom. The summed E-state index contributed by atoms with van der Waals surface area (Å²) >= 11 is 0. The molecular formula is C15H22N2O2S. The Morgan fingerprint density at radius 2 is 1.90 bits per heavy atom. The summed E-state index contributed by atoms with van der Waals surface area (Å²) in [4.78, 5) is 2.78. The van der Waals surface area contributed by atoms with Crippen LogP contribution in [0.25, 0.3) is 0 Å². The fourth-order valence-electron chi connectivity index (χ4n) is 3.36. The molecule has 3 fully saturated rings. The molecule has 1 aromatic carbocycles. The van der Waals surface area contributed by atoms with Crippen LogP contribution in [-0.2, 0) is 10.0 Å². The average Bonchev–Trinajstić information content (AvgIpc) is 2.42. The number of fused-ring (bicyclic) bond motifs is 3. The molecule has 1 N–H and O–H groups in total. The highest BCUT2D eigenvalue weighted by molar-refractivity contribution is 7.89. The summed E-state index contributed by atoms with van der Waals surface area (Å²) < 4.78 is 28.2. The van der Waals surface area contributed by atoms with Crippen LogP contribution in [0.5, 0.6) is 0 Å². The van der Waals surface area contributed by atoms with Gasteiger partial charge in [-0.25, -0.2) is 13.1 Å². The first-order valence-corrected chi connectivity index (χ1v) is 8.76. The largest absolute Gasteiger partial charge is 0.302 e. The third-order valence-corrected chi connectivity index (χ3v) is 6.23. The maximum absolute atomic E-state index is 12.6. The van der Waals surface area contributed by atoms with Gasteiger partial charge in [0.25, 0.3) is 0 Å². The van der Waals surface area contributed by atoms with Gasteiger partial charge in [0.05, 0.1) is 4.90 Å². The Kier molecular flexibility index (Phi) is 3.60. The molecule has 3 heterocycles. The van der Waals surface area contributed by atoms with Crippen LogP contribution in [0.3, 0.4) is 0 Å². The number of rotatable bonds is 3. The highest BCUT2D eigenvalue weighted by Crippen LogP contribution is 2.29. The van der Waals surface area contributed by atoms with E-state index in [1.165, 1.54) is 0 Å². The van der Waals surface area contributed by atoms with E-state index in [-0.39, 0.29) is 6.04 Å². The Morgan fingerprint density at radius 1 is 1.20 bits per heavy atom. The van der Waals surface area contributed by atoms with Crippen LogP contribution in [0.4, 0.5) is 0 Å². The molecule has 3 saturated heterocycles. The topological polar surface area (TPSA) is 49.4 Å². The molecule has 0 spiro atoms. The van der Waals surface area contributed by atoms with Gasteiger partial charge in [-0.05, 0) is 62.9 Å². The maximum atomic E-state index is 12.6. The van der Waals surface area contributed by atoms with E-state index in [2.05, 4.69) is 9.62 Å². The van der Waals surface area contributed by atoms with E-state index in [9.17, 15) is 8.42 Å². The molecular weight excluding hydrogens is 272 g/mol. The molecule has 2 bridgehead atoms. The Balaban J connectivity index is 1.84. The van der Waals surface area contributed by atoms with Crippen LogP contribution in [0.15, 0.2) is 23.1 Å². The van der Waals surface area contributed by atoms with Crippen LogP contribution >= 0.6 is 0 Å². The lowest BCUT2D eigenvalue weighted by Gasteiger charge is -2.44. The van der Waals surface area contributed by atoms with Gasteiger partial charge in [0.2, 0.25) is 10.0 Å². The van der Waals surface area contributed by atoms with Gasteiger partial charge in [-0.15, -0.1) is 0 Å². The zero-order valence-electron chi connectivity index (χ0n) is 12.1. The highest BCUT2D eigenvalue weighted by Gasteiger charge is 2.36.